The Morgan fingerprint density at radius 3 is 2.65 bits per heavy atom. The number of nitrogens with one attached hydrogen (secondary N) is 1. The van der Waals surface area contributed by atoms with Crippen molar-refractivity contribution in [2.45, 2.75) is 0 Å². The minimum atomic E-state index is -0.233. The number of ether oxygens (including phenoxy) is 1. The minimum Gasteiger partial charge on any atom is -0.479 e. The van der Waals surface area contributed by atoms with Gasteiger partial charge >= 0.3 is 0 Å². The average Bonchev–Trinajstić information content (AvgIpc) is 2.46. The normalized spacial score (nSPS) is 9.55. The highest BCUT2D eigenvalue weighted by molar-refractivity contribution is 6.04. The zero-order valence-electron chi connectivity index (χ0n) is 10.7. The van der Waals surface area contributed by atoms with Crippen LogP contribution in [0.5, 0.6) is 5.75 Å². The van der Waals surface area contributed by atoms with Crippen LogP contribution in [0.2, 0.25) is 0 Å². The van der Waals surface area contributed by atoms with Gasteiger partial charge in [0, 0.05) is 16.9 Å². The van der Waals surface area contributed by atoms with Gasteiger partial charge in [-0.2, -0.15) is 5.26 Å². The van der Waals surface area contributed by atoms with Crippen molar-refractivity contribution in [1.29, 1.82) is 5.26 Å². The summed E-state index contributed by atoms with van der Waals surface area (Å²) in [7, 11) is 0. The molecule has 0 radical (unpaired) electrons. The highest BCUT2D eigenvalue weighted by Crippen LogP contribution is 2.17. The van der Waals surface area contributed by atoms with Gasteiger partial charge in [0.05, 0.1) is 0 Å². The Morgan fingerprint density at radius 2 is 2.00 bits per heavy atom. The highest BCUT2D eigenvalue weighted by atomic mass is 16.5. The Kier molecular flexibility index (Phi) is 4.20. The van der Waals surface area contributed by atoms with Gasteiger partial charge in [-0.25, -0.2) is 0 Å². The first kappa shape index (κ1) is 13.4. The number of nitriles is 1. The molecule has 5 heteroatoms. The van der Waals surface area contributed by atoms with E-state index in [1.807, 2.05) is 6.07 Å². The molecule has 1 amide bonds. The maximum Gasteiger partial charge on any atom is 0.255 e. The maximum absolute atomic E-state index is 12.0. The Bertz CT molecular complexity index is 645. The zero-order valence-corrected chi connectivity index (χ0v) is 10.7. The number of anilines is 2. The molecule has 0 spiro atoms. The van der Waals surface area contributed by atoms with Crippen LogP contribution in [0.25, 0.3) is 0 Å². The molecule has 20 heavy (non-hydrogen) atoms. The molecule has 0 aliphatic rings. The van der Waals surface area contributed by atoms with Crippen LogP contribution in [0.4, 0.5) is 11.4 Å². The molecule has 0 saturated carbocycles. The van der Waals surface area contributed by atoms with Crippen molar-refractivity contribution in [2.75, 3.05) is 17.7 Å². The van der Waals surface area contributed by atoms with Gasteiger partial charge in [0.25, 0.3) is 5.91 Å². The Balaban J connectivity index is 2.03. The van der Waals surface area contributed by atoms with E-state index in [4.69, 9.17) is 15.7 Å². The third kappa shape index (κ3) is 3.50. The molecule has 0 bridgehead atoms. The van der Waals surface area contributed by atoms with E-state index in [9.17, 15) is 4.79 Å². The van der Waals surface area contributed by atoms with Gasteiger partial charge in [-0.15, -0.1) is 0 Å². The predicted molar refractivity (Wildman–Crippen MR) is 76.4 cm³/mol. The smallest absolute Gasteiger partial charge is 0.255 e. The van der Waals surface area contributed by atoms with Crippen molar-refractivity contribution >= 4 is 17.3 Å². The van der Waals surface area contributed by atoms with Gasteiger partial charge in [-0.3, -0.25) is 4.79 Å². The Morgan fingerprint density at radius 1 is 1.25 bits per heavy atom. The second-order valence-electron chi connectivity index (χ2n) is 4.05. The van der Waals surface area contributed by atoms with Crippen molar-refractivity contribution in [2.24, 2.45) is 0 Å². The summed E-state index contributed by atoms with van der Waals surface area (Å²) in [5.41, 5.74) is 7.31. The lowest BCUT2D eigenvalue weighted by Crippen LogP contribution is -2.12. The lowest BCUT2D eigenvalue weighted by atomic mass is 10.2. The second kappa shape index (κ2) is 6.25. The van der Waals surface area contributed by atoms with E-state index in [-0.39, 0.29) is 12.5 Å². The third-order valence-electron chi connectivity index (χ3n) is 2.56. The number of rotatable bonds is 4. The molecule has 2 aromatic rings. The van der Waals surface area contributed by atoms with E-state index in [1.165, 1.54) is 0 Å². The standard InChI is InChI=1S/C15H13N3O2/c16-8-9-20-14-6-4-13(5-7-14)18-15(19)11-2-1-3-12(17)10-11/h1-7,10H,9,17H2,(H,18,19). The van der Waals surface area contributed by atoms with E-state index in [0.717, 1.165) is 0 Å². The van der Waals surface area contributed by atoms with Gasteiger partial charge in [0.1, 0.15) is 11.8 Å². The molecule has 0 unspecified atom stereocenters. The van der Waals surface area contributed by atoms with Crippen LogP contribution in [0.3, 0.4) is 0 Å². The topological polar surface area (TPSA) is 88.1 Å². The van der Waals surface area contributed by atoms with Gasteiger partial charge in [-0.1, -0.05) is 6.07 Å². The first-order chi connectivity index (χ1) is 9.69. The van der Waals surface area contributed by atoms with Crippen LogP contribution in [0.1, 0.15) is 10.4 Å². The summed E-state index contributed by atoms with van der Waals surface area (Å²) >= 11 is 0. The lowest BCUT2D eigenvalue weighted by molar-refractivity contribution is 0.102. The van der Waals surface area contributed by atoms with E-state index < -0.39 is 0 Å². The van der Waals surface area contributed by atoms with Crippen LogP contribution in [0.15, 0.2) is 48.5 Å². The molecule has 0 heterocycles. The van der Waals surface area contributed by atoms with Gasteiger partial charge in [-0.05, 0) is 42.5 Å². The van der Waals surface area contributed by atoms with Crippen LogP contribution in [-0.2, 0) is 0 Å². The molecule has 0 aromatic heterocycles. The van der Waals surface area contributed by atoms with Crippen LogP contribution in [0, 0.1) is 11.3 Å². The number of hydrogen-bond acceptors (Lipinski definition) is 4. The summed E-state index contributed by atoms with van der Waals surface area (Å²) in [6.45, 7) is -0.00496. The third-order valence-corrected chi connectivity index (χ3v) is 2.56. The van der Waals surface area contributed by atoms with Crippen LogP contribution >= 0.6 is 0 Å². The fraction of sp³-hybridized carbons (Fsp3) is 0.0667. The molecule has 2 aromatic carbocycles. The number of carbonyl (C=O) groups is 1. The summed E-state index contributed by atoms with van der Waals surface area (Å²) in [6.07, 6.45) is 0. The summed E-state index contributed by atoms with van der Waals surface area (Å²) in [4.78, 5) is 12.0. The molecule has 0 atom stereocenters. The van der Waals surface area contributed by atoms with Crippen molar-refractivity contribution in [3.8, 4) is 11.8 Å². The first-order valence-corrected chi connectivity index (χ1v) is 5.96. The molecular formula is C15H13N3O2. The second-order valence-corrected chi connectivity index (χ2v) is 4.05. The fourth-order valence-electron chi connectivity index (χ4n) is 1.63. The lowest BCUT2D eigenvalue weighted by Gasteiger charge is -2.07. The quantitative estimate of drug-likeness (QED) is 0.833. The number of nitrogens with zero attached hydrogens (tertiary/aromatic N) is 1. The molecule has 2 rings (SSSR count). The van der Waals surface area contributed by atoms with Crippen molar-refractivity contribution < 1.29 is 9.53 Å². The van der Waals surface area contributed by atoms with E-state index in [0.29, 0.717) is 22.7 Å². The molecule has 0 aliphatic heterocycles. The zero-order chi connectivity index (χ0) is 14.4. The van der Waals surface area contributed by atoms with Crippen molar-refractivity contribution in [3.05, 3.63) is 54.1 Å². The SMILES string of the molecule is N#CCOc1ccc(NC(=O)c2cccc(N)c2)cc1. The first-order valence-electron chi connectivity index (χ1n) is 5.96. The highest BCUT2D eigenvalue weighted by Gasteiger charge is 2.06. The number of nitrogens with two attached hydrogens (primary N) is 1. The van der Waals surface area contributed by atoms with Crippen molar-refractivity contribution in [1.82, 2.24) is 0 Å². The summed E-state index contributed by atoms with van der Waals surface area (Å²) < 4.78 is 5.13. The Labute approximate surface area is 116 Å². The number of nitrogen functional groups attached to an aromatic ring is 1. The number of hydrogen-bond donors (Lipinski definition) is 2. The molecule has 5 nitrogen and oxygen atoms in total. The molecule has 0 aliphatic carbocycles. The average molecular weight is 267 g/mol. The number of carbonyl (C=O) groups excluding carboxylic acids is 1. The molecular weight excluding hydrogens is 254 g/mol. The molecule has 0 saturated heterocycles. The predicted octanol–water partition coefficient (Wildman–Crippen LogP) is 2.42. The summed E-state index contributed by atoms with van der Waals surface area (Å²) in [6, 6.07) is 15.4. The fourth-order valence-corrected chi connectivity index (χ4v) is 1.63. The summed E-state index contributed by atoms with van der Waals surface area (Å²) in [5.74, 6) is 0.344. The minimum absolute atomic E-state index is 0.00496. The van der Waals surface area contributed by atoms with Crippen molar-refractivity contribution in [3.63, 3.8) is 0 Å². The van der Waals surface area contributed by atoms with E-state index in [1.54, 1.807) is 48.5 Å². The monoisotopic (exact) mass is 267 g/mol. The maximum atomic E-state index is 12.0. The van der Waals surface area contributed by atoms with Gasteiger partial charge in [0.2, 0.25) is 0 Å². The van der Waals surface area contributed by atoms with Gasteiger partial charge in [0.15, 0.2) is 6.61 Å². The molecule has 3 N–H and O–H groups in total. The van der Waals surface area contributed by atoms with E-state index >= 15 is 0 Å². The van der Waals surface area contributed by atoms with Gasteiger partial charge < -0.3 is 15.8 Å². The molecule has 0 fully saturated rings. The largest absolute Gasteiger partial charge is 0.479 e. The van der Waals surface area contributed by atoms with Crippen LogP contribution in [-0.4, -0.2) is 12.5 Å². The number of amides is 1. The number of benzene rings is 2. The molecule has 100 valence electrons. The van der Waals surface area contributed by atoms with Crippen LogP contribution < -0.4 is 15.8 Å². The summed E-state index contributed by atoms with van der Waals surface area (Å²) in [5, 5.41) is 11.2. The Hall–Kier alpha value is -3.00. The van der Waals surface area contributed by atoms with E-state index in [2.05, 4.69) is 5.32 Å².